The van der Waals surface area contributed by atoms with Gasteiger partial charge in [-0.25, -0.2) is 9.78 Å². The van der Waals surface area contributed by atoms with Crippen molar-refractivity contribution in [3.63, 3.8) is 0 Å². The van der Waals surface area contributed by atoms with E-state index in [1.165, 1.54) is 38.9 Å². The van der Waals surface area contributed by atoms with Crippen molar-refractivity contribution in [1.82, 2.24) is 9.38 Å². The topological polar surface area (TPSA) is 111 Å². The lowest BCUT2D eigenvalue weighted by Gasteiger charge is -2.15. The largest absolute Gasteiger partial charge is 0.493 e. The highest BCUT2D eigenvalue weighted by molar-refractivity contribution is 7.20. The molecule has 0 spiro atoms. The summed E-state index contributed by atoms with van der Waals surface area (Å²) in [7, 11) is 4.46. The van der Waals surface area contributed by atoms with Crippen LogP contribution in [0.2, 0.25) is 0 Å². The number of benzene rings is 2. The van der Waals surface area contributed by atoms with Gasteiger partial charge in [-0.2, -0.15) is 0 Å². The van der Waals surface area contributed by atoms with Gasteiger partial charge in [0.05, 0.1) is 26.2 Å². The predicted octanol–water partition coefficient (Wildman–Crippen LogP) is 4.04. The van der Waals surface area contributed by atoms with Gasteiger partial charge >= 0.3 is 5.97 Å². The quantitative estimate of drug-likeness (QED) is 0.434. The summed E-state index contributed by atoms with van der Waals surface area (Å²) in [4.78, 5) is 29.6. The zero-order valence-corrected chi connectivity index (χ0v) is 18.2. The normalized spacial score (nSPS) is 10.7. The summed E-state index contributed by atoms with van der Waals surface area (Å²) < 4.78 is 17.6. The average Bonchev–Trinajstić information content (AvgIpc) is 3.38. The van der Waals surface area contributed by atoms with Crippen molar-refractivity contribution in [3.05, 3.63) is 60.0 Å². The Morgan fingerprint density at radius 1 is 1.03 bits per heavy atom. The molecule has 0 bridgehead atoms. The number of thiazole rings is 1. The summed E-state index contributed by atoms with van der Waals surface area (Å²) in [6, 6.07) is 10.5. The molecule has 0 saturated carbocycles. The summed E-state index contributed by atoms with van der Waals surface area (Å²) in [5.74, 6) is -0.292. The lowest BCUT2D eigenvalue weighted by Crippen LogP contribution is -2.13. The zero-order valence-electron chi connectivity index (χ0n) is 17.4. The molecule has 32 heavy (non-hydrogen) atoms. The number of hydrogen-bond acceptors (Lipinski definition) is 7. The van der Waals surface area contributed by atoms with Crippen LogP contribution < -0.4 is 19.5 Å². The third-order valence-corrected chi connectivity index (χ3v) is 5.77. The summed E-state index contributed by atoms with van der Waals surface area (Å²) in [5, 5.41) is 12.0. The van der Waals surface area contributed by atoms with Gasteiger partial charge in [-0.05, 0) is 18.2 Å². The van der Waals surface area contributed by atoms with Crippen LogP contribution in [0.25, 0.3) is 15.4 Å². The molecule has 10 heteroatoms. The van der Waals surface area contributed by atoms with Crippen LogP contribution in [-0.4, -0.2) is 47.7 Å². The Morgan fingerprint density at radius 2 is 1.72 bits per heavy atom. The van der Waals surface area contributed by atoms with E-state index in [1.54, 1.807) is 28.8 Å². The van der Waals surface area contributed by atoms with Gasteiger partial charge < -0.3 is 24.6 Å². The maximum Gasteiger partial charge on any atom is 0.356 e. The molecule has 2 N–H and O–H groups in total. The molecule has 0 saturated heterocycles. The van der Waals surface area contributed by atoms with Crippen LogP contribution in [0, 0.1) is 0 Å². The van der Waals surface area contributed by atoms with Crippen LogP contribution in [0.4, 0.5) is 5.69 Å². The van der Waals surface area contributed by atoms with Crippen molar-refractivity contribution < 1.29 is 28.9 Å². The minimum Gasteiger partial charge on any atom is -0.493 e. The molecule has 0 atom stereocenters. The minimum absolute atomic E-state index is 0.0215. The van der Waals surface area contributed by atoms with Crippen LogP contribution in [0.5, 0.6) is 17.2 Å². The second-order valence-electron chi connectivity index (χ2n) is 6.63. The number of hydrogen-bond donors (Lipinski definition) is 2. The first kappa shape index (κ1) is 21.2. The van der Waals surface area contributed by atoms with Crippen LogP contribution in [0.1, 0.15) is 20.8 Å². The fraction of sp³-hybridized carbons (Fsp3) is 0.136. The van der Waals surface area contributed by atoms with E-state index in [-0.39, 0.29) is 11.6 Å². The third kappa shape index (κ3) is 3.83. The smallest absolute Gasteiger partial charge is 0.356 e. The molecule has 2 heterocycles. The highest BCUT2D eigenvalue weighted by atomic mass is 32.1. The molecule has 4 aromatic rings. The van der Waals surface area contributed by atoms with Crippen LogP contribution in [0.15, 0.2) is 48.8 Å². The molecule has 0 radical (unpaired) electrons. The van der Waals surface area contributed by atoms with E-state index in [0.717, 1.165) is 10.4 Å². The molecule has 0 unspecified atom stereocenters. The van der Waals surface area contributed by atoms with E-state index >= 15 is 0 Å². The van der Waals surface area contributed by atoms with Crippen molar-refractivity contribution in [2.75, 3.05) is 26.6 Å². The Labute approximate surface area is 186 Å². The van der Waals surface area contributed by atoms with Gasteiger partial charge in [-0.15, -0.1) is 0 Å². The standard InChI is InChI=1S/C22H19N3O6S/c1-29-16-8-12(9-17(30-2)19(16)31-3)20(26)23-14-7-5-4-6-13(14)18-11-25-10-15(21(27)28)24-22(25)32-18/h4-11H,1-3H3,(H,23,26)(H,27,28). The SMILES string of the molecule is COc1cc(C(=O)Nc2ccccc2-c2cn3cc(C(=O)O)nc3s2)cc(OC)c1OC. The Bertz CT molecular complexity index is 1270. The number of nitrogens with one attached hydrogen (secondary N) is 1. The van der Waals surface area contributed by atoms with Gasteiger partial charge in [0.1, 0.15) is 0 Å². The van der Waals surface area contributed by atoms with Crippen molar-refractivity contribution in [1.29, 1.82) is 0 Å². The Morgan fingerprint density at radius 3 is 2.31 bits per heavy atom. The Balaban J connectivity index is 1.67. The van der Waals surface area contributed by atoms with E-state index < -0.39 is 5.97 Å². The van der Waals surface area contributed by atoms with Gasteiger partial charge in [-0.3, -0.25) is 9.20 Å². The molecule has 2 aromatic heterocycles. The minimum atomic E-state index is -1.08. The maximum atomic E-state index is 13.0. The number of imidazole rings is 1. The fourth-order valence-electron chi connectivity index (χ4n) is 3.24. The van der Waals surface area contributed by atoms with Crippen molar-refractivity contribution in [3.8, 4) is 27.7 Å². The van der Waals surface area contributed by atoms with Crippen LogP contribution in [-0.2, 0) is 0 Å². The first-order valence-corrected chi connectivity index (χ1v) is 10.2. The molecular weight excluding hydrogens is 434 g/mol. The van der Waals surface area contributed by atoms with E-state index in [4.69, 9.17) is 19.3 Å². The number of para-hydroxylation sites is 1. The number of aromatic carboxylic acids is 1. The van der Waals surface area contributed by atoms with Crippen LogP contribution >= 0.6 is 11.3 Å². The van der Waals surface area contributed by atoms with Gasteiger partial charge in [0, 0.05) is 29.2 Å². The van der Waals surface area contributed by atoms with E-state index in [1.807, 2.05) is 18.2 Å². The molecule has 0 aliphatic rings. The molecule has 0 aliphatic heterocycles. The van der Waals surface area contributed by atoms with E-state index in [2.05, 4.69) is 10.3 Å². The number of carbonyl (C=O) groups is 2. The summed E-state index contributed by atoms with van der Waals surface area (Å²) >= 11 is 1.32. The third-order valence-electron chi connectivity index (χ3n) is 4.74. The Kier molecular flexibility index (Phi) is 5.69. The summed E-state index contributed by atoms with van der Waals surface area (Å²) in [5.41, 5.74) is 1.68. The number of methoxy groups -OCH3 is 3. The summed E-state index contributed by atoms with van der Waals surface area (Å²) in [6.45, 7) is 0. The molecule has 0 aliphatic carbocycles. The molecular formula is C22H19N3O6S. The molecule has 164 valence electrons. The van der Waals surface area contributed by atoms with Crippen LogP contribution in [0.3, 0.4) is 0 Å². The molecule has 9 nitrogen and oxygen atoms in total. The number of ether oxygens (including phenoxy) is 3. The molecule has 0 fully saturated rings. The lowest BCUT2D eigenvalue weighted by molar-refractivity contribution is 0.0691. The Hall–Kier alpha value is -4.05. The number of nitrogens with zero attached hydrogens (tertiary/aromatic N) is 2. The predicted molar refractivity (Wildman–Crippen MR) is 120 cm³/mol. The van der Waals surface area contributed by atoms with Crippen molar-refractivity contribution in [2.24, 2.45) is 0 Å². The number of carbonyl (C=O) groups excluding carboxylic acids is 1. The number of carboxylic acid groups (broad SMARTS) is 1. The van der Waals surface area contributed by atoms with Gasteiger partial charge in [0.2, 0.25) is 5.75 Å². The molecule has 2 aromatic carbocycles. The van der Waals surface area contributed by atoms with Gasteiger partial charge in [0.25, 0.3) is 5.91 Å². The fourth-order valence-corrected chi connectivity index (χ4v) is 4.24. The maximum absolute atomic E-state index is 13.0. The van der Waals surface area contributed by atoms with Crippen molar-refractivity contribution in [2.45, 2.75) is 0 Å². The van der Waals surface area contributed by atoms with E-state index in [0.29, 0.717) is 33.5 Å². The number of rotatable bonds is 7. The number of anilines is 1. The number of aromatic nitrogens is 2. The first-order chi connectivity index (χ1) is 15.4. The monoisotopic (exact) mass is 453 g/mol. The van der Waals surface area contributed by atoms with Gasteiger partial charge in [-0.1, -0.05) is 29.5 Å². The molecule has 4 rings (SSSR count). The number of carboxylic acids is 1. The van der Waals surface area contributed by atoms with Crippen molar-refractivity contribution >= 4 is 33.9 Å². The second kappa shape index (κ2) is 8.60. The van der Waals surface area contributed by atoms with E-state index in [9.17, 15) is 9.59 Å². The molecule has 1 amide bonds. The highest BCUT2D eigenvalue weighted by Gasteiger charge is 2.19. The first-order valence-electron chi connectivity index (χ1n) is 9.37. The zero-order chi connectivity index (χ0) is 22.8. The highest BCUT2D eigenvalue weighted by Crippen LogP contribution is 2.39. The number of amides is 1. The lowest BCUT2D eigenvalue weighted by atomic mass is 10.1. The summed E-state index contributed by atoms with van der Waals surface area (Å²) in [6.07, 6.45) is 3.23. The second-order valence-corrected chi connectivity index (χ2v) is 7.64. The average molecular weight is 453 g/mol. The van der Waals surface area contributed by atoms with Gasteiger partial charge in [0.15, 0.2) is 22.2 Å². The number of fused-ring (bicyclic) bond motifs is 1.